The topological polar surface area (TPSA) is 41.6 Å². The monoisotopic (exact) mass is 300 g/mol. The van der Waals surface area contributed by atoms with Crippen molar-refractivity contribution < 1.29 is 9.53 Å². The van der Waals surface area contributed by atoms with Gasteiger partial charge in [-0.15, -0.1) is 0 Å². The average Bonchev–Trinajstić information content (AvgIpc) is 3.19. The molecule has 4 heteroatoms. The fourth-order valence-corrected chi connectivity index (χ4v) is 4.38. The zero-order chi connectivity index (χ0) is 14.9. The summed E-state index contributed by atoms with van der Waals surface area (Å²) in [6, 6.07) is 8.25. The first kappa shape index (κ1) is 14.1. The van der Waals surface area contributed by atoms with Crippen LogP contribution in [-0.4, -0.2) is 32.2 Å². The van der Waals surface area contributed by atoms with Crippen LogP contribution in [0.25, 0.3) is 0 Å². The zero-order valence-corrected chi connectivity index (χ0v) is 13.0. The zero-order valence-electron chi connectivity index (χ0n) is 13.0. The van der Waals surface area contributed by atoms with Crippen molar-refractivity contribution in [1.82, 2.24) is 0 Å². The number of hydrogen-bond acceptors (Lipinski definition) is 3. The van der Waals surface area contributed by atoms with Gasteiger partial charge >= 0.3 is 0 Å². The van der Waals surface area contributed by atoms with Crippen molar-refractivity contribution in [1.29, 1.82) is 0 Å². The number of ether oxygens (including phenoxy) is 1. The first-order valence-corrected chi connectivity index (χ1v) is 8.53. The Morgan fingerprint density at radius 2 is 1.86 bits per heavy atom. The standard InChI is InChI=1S/C18H24N2O2/c21-18(17-12-13-1-2-14(17)11-13)19-15-3-5-16(6-4-15)20-7-9-22-10-8-20/h3-6,13-14,17H,1-2,7-12H2,(H,19,21). The summed E-state index contributed by atoms with van der Waals surface area (Å²) in [6.45, 7) is 3.47. The largest absolute Gasteiger partial charge is 0.378 e. The van der Waals surface area contributed by atoms with Crippen LogP contribution in [0.4, 0.5) is 11.4 Å². The summed E-state index contributed by atoms with van der Waals surface area (Å²) in [7, 11) is 0. The van der Waals surface area contributed by atoms with E-state index in [4.69, 9.17) is 4.74 Å². The van der Waals surface area contributed by atoms with E-state index in [9.17, 15) is 4.79 Å². The van der Waals surface area contributed by atoms with Gasteiger partial charge in [-0.1, -0.05) is 6.42 Å². The molecule has 1 aromatic carbocycles. The summed E-state index contributed by atoms with van der Waals surface area (Å²) in [4.78, 5) is 14.8. The number of fused-ring (bicyclic) bond motifs is 2. The molecule has 0 spiro atoms. The predicted octanol–water partition coefficient (Wildman–Crippen LogP) is 2.90. The van der Waals surface area contributed by atoms with E-state index in [2.05, 4.69) is 22.3 Å². The molecule has 2 bridgehead atoms. The molecule has 118 valence electrons. The first-order valence-electron chi connectivity index (χ1n) is 8.53. The number of morpholine rings is 1. The maximum absolute atomic E-state index is 12.5. The van der Waals surface area contributed by atoms with E-state index in [1.165, 1.54) is 24.9 Å². The number of carbonyl (C=O) groups excluding carboxylic acids is 1. The van der Waals surface area contributed by atoms with Gasteiger partial charge in [0.15, 0.2) is 0 Å². The third kappa shape index (κ3) is 2.72. The van der Waals surface area contributed by atoms with Crippen molar-refractivity contribution in [3.63, 3.8) is 0 Å². The second kappa shape index (κ2) is 5.92. The summed E-state index contributed by atoms with van der Waals surface area (Å²) in [6.07, 6.45) is 4.96. The highest BCUT2D eigenvalue weighted by Gasteiger charge is 2.42. The van der Waals surface area contributed by atoms with E-state index in [1.54, 1.807) is 0 Å². The number of nitrogens with one attached hydrogen (secondary N) is 1. The SMILES string of the molecule is O=C(Nc1ccc(N2CCOCC2)cc1)C1CC2CCC1C2. The Kier molecular flexibility index (Phi) is 3.78. The molecule has 1 saturated heterocycles. The summed E-state index contributed by atoms with van der Waals surface area (Å²) in [5, 5.41) is 3.12. The van der Waals surface area contributed by atoms with Crippen molar-refractivity contribution >= 4 is 17.3 Å². The van der Waals surface area contributed by atoms with Crippen molar-refractivity contribution in [2.45, 2.75) is 25.7 Å². The quantitative estimate of drug-likeness (QED) is 0.933. The highest BCUT2D eigenvalue weighted by Crippen LogP contribution is 2.48. The van der Waals surface area contributed by atoms with Crippen LogP contribution in [0.1, 0.15) is 25.7 Å². The molecule has 1 aliphatic heterocycles. The van der Waals surface area contributed by atoms with E-state index in [-0.39, 0.29) is 11.8 Å². The van der Waals surface area contributed by atoms with Gasteiger partial charge in [-0.05, 0) is 55.4 Å². The lowest BCUT2D eigenvalue weighted by atomic mass is 9.88. The van der Waals surface area contributed by atoms with E-state index in [0.717, 1.165) is 44.3 Å². The smallest absolute Gasteiger partial charge is 0.227 e. The van der Waals surface area contributed by atoms with Gasteiger partial charge in [-0.25, -0.2) is 0 Å². The van der Waals surface area contributed by atoms with Crippen LogP contribution in [-0.2, 0) is 9.53 Å². The lowest BCUT2D eigenvalue weighted by Crippen LogP contribution is -2.36. The molecule has 1 aromatic rings. The van der Waals surface area contributed by atoms with E-state index >= 15 is 0 Å². The molecule has 3 fully saturated rings. The lowest BCUT2D eigenvalue weighted by molar-refractivity contribution is -0.121. The fraction of sp³-hybridized carbons (Fsp3) is 0.611. The minimum Gasteiger partial charge on any atom is -0.378 e. The third-order valence-electron chi connectivity index (χ3n) is 5.59. The molecule has 3 atom stereocenters. The number of amides is 1. The molecule has 22 heavy (non-hydrogen) atoms. The first-order chi connectivity index (χ1) is 10.8. The number of hydrogen-bond donors (Lipinski definition) is 1. The number of nitrogens with zero attached hydrogens (tertiary/aromatic N) is 1. The van der Waals surface area contributed by atoms with Crippen molar-refractivity contribution in [2.75, 3.05) is 36.5 Å². The average molecular weight is 300 g/mol. The molecule has 4 rings (SSSR count). The Bertz CT molecular complexity index is 537. The Hall–Kier alpha value is -1.55. The van der Waals surface area contributed by atoms with Crippen molar-refractivity contribution in [3.05, 3.63) is 24.3 Å². The minimum atomic E-state index is 0.228. The number of rotatable bonds is 3. The second-order valence-corrected chi connectivity index (χ2v) is 6.92. The van der Waals surface area contributed by atoms with Crippen LogP contribution in [0.3, 0.4) is 0 Å². The number of carbonyl (C=O) groups is 1. The Morgan fingerprint density at radius 1 is 1.09 bits per heavy atom. The Labute approximate surface area is 131 Å². The van der Waals surface area contributed by atoms with Gasteiger partial charge in [0.05, 0.1) is 13.2 Å². The van der Waals surface area contributed by atoms with Gasteiger partial charge in [-0.3, -0.25) is 4.79 Å². The van der Waals surface area contributed by atoms with E-state index in [1.807, 2.05) is 12.1 Å². The van der Waals surface area contributed by atoms with Crippen LogP contribution < -0.4 is 10.2 Å². The molecule has 1 amide bonds. The molecule has 2 aliphatic carbocycles. The van der Waals surface area contributed by atoms with Crippen LogP contribution in [0, 0.1) is 17.8 Å². The van der Waals surface area contributed by atoms with Gasteiger partial charge in [0.25, 0.3) is 0 Å². The molecule has 1 heterocycles. The van der Waals surface area contributed by atoms with Crippen LogP contribution in [0.15, 0.2) is 24.3 Å². The maximum Gasteiger partial charge on any atom is 0.227 e. The van der Waals surface area contributed by atoms with Crippen molar-refractivity contribution in [3.8, 4) is 0 Å². The predicted molar refractivity (Wildman–Crippen MR) is 87.0 cm³/mol. The molecule has 4 nitrogen and oxygen atoms in total. The summed E-state index contributed by atoms with van der Waals surface area (Å²) >= 11 is 0. The van der Waals surface area contributed by atoms with Gasteiger partial charge in [-0.2, -0.15) is 0 Å². The van der Waals surface area contributed by atoms with Gasteiger partial charge in [0.2, 0.25) is 5.91 Å². The maximum atomic E-state index is 12.5. The van der Waals surface area contributed by atoms with Crippen LogP contribution in [0.5, 0.6) is 0 Å². The fourth-order valence-electron chi connectivity index (χ4n) is 4.38. The Morgan fingerprint density at radius 3 is 2.50 bits per heavy atom. The van der Waals surface area contributed by atoms with Crippen molar-refractivity contribution in [2.24, 2.45) is 17.8 Å². The highest BCUT2D eigenvalue weighted by molar-refractivity contribution is 5.93. The number of benzene rings is 1. The Balaban J connectivity index is 1.37. The molecule has 3 unspecified atom stereocenters. The van der Waals surface area contributed by atoms with E-state index in [0.29, 0.717) is 5.92 Å². The molecular weight excluding hydrogens is 276 g/mol. The summed E-state index contributed by atoms with van der Waals surface area (Å²) in [5.41, 5.74) is 2.13. The lowest BCUT2D eigenvalue weighted by Gasteiger charge is -2.29. The molecular formula is C18H24N2O2. The van der Waals surface area contributed by atoms with Crippen LogP contribution >= 0.6 is 0 Å². The van der Waals surface area contributed by atoms with Crippen LogP contribution in [0.2, 0.25) is 0 Å². The molecule has 0 aromatic heterocycles. The number of anilines is 2. The molecule has 2 saturated carbocycles. The second-order valence-electron chi connectivity index (χ2n) is 6.92. The van der Waals surface area contributed by atoms with Gasteiger partial charge < -0.3 is 15.0 Å². The minimum absolute atomic E-state index is 0.228. The van der Waals surface area contributed by atoms with E-state index < -0.39 is 0 Å². The highest BCUT2D eigenvalue weighted by atomic mass is 16.5. The summed E-state index contributed by atoms with van der Waals surface area (Å²) in [5.74, 6) is 1.92. The molecule has 3 aliphatic rings. The molecule has 1 N–H and O–H groups in total. The molecule has 0 radical (unpaired) electrons. The summed E-state index contributed by atoms with van der Waals surface area (Å²) < 4.78 is 5.38. The third-order valence-corrected chi connectivity index (χ3v) is 5.59. The van der Waals surface area contributed by atoms with Gasteiger partial charge in [0, 0.05) is 30.4 Å². The normalized spacial score (nSPS) is 30.5. The van der Waals surface area contributed by atoms with Gasteiger partial charge in [0.1, 0.15) is 0 Å².